The molecular weight excluding hydrogens is 622 g/mol. The van der Waals surface area contributed by atoms with E-state index < -0.39 is 29.6 Å². The molecule has 222 valence electrons. The molecule has 5 rings (SSSR count). The number of ether oxygens (including phenoxy) is 1. The Kier molecular flexibility index (Phi) is 9.23. The molecule has 2 bridgehead atoms. The summed E-state index contributed by atoms with van der Waals surface area (Å²) in [5, 5.41) is 9.85. The zero-order chi connectivity index (χ0) is 30.0. The Bertz CT molecular complexity index is 1360. The maximum absolute atomic E-state index is 14.6. The largest absolute Gasteiger partial charge is 0.396 e. The highest BCUT2D eigenvalue weighted by Crippen LogP contribution is 2.60. The summed E-state index contributed by atoms with van der Waals surface area (Å²) >= 11 is 10.3. The molecular formula is C32H35BrClN3O5. The molecule has 0 aliphatic carbocycles. The predicted molar refractivity (Wildman–Crippen MR) is 167 cm³/mol. The molecule has 1 spiro atoms. The van der Waals surface area contributed by atoms with Gasteiger partial charge >= 0.3 is 0 Å². The number of carbonyl (C=O) groups excluding carboxylic acids is 3. The molecule has 3 saturated heterocycles. The van der Waals surface area contributed by atoms with E-state index in [4.69, 9.17) is 16.3 Å². The minimum absolute atomic E-state index is 0.0336. The molecule has 1 N–H and O–H groups in total. The first kappa shape index (κ1) is 30.5. The number of amides is 3. The van der Waals surface area contributed by atoms with Gasteiger partial charge in [0.2, 0.25) is 11.8 Å². The van der Waals surface area contributed by atoms with Gasteiger partial charge in [0.1, 0.15) is 11.6 Å². The fourth-order valence-corrected chi connectivity index (χ4v) is 8.00. The van der Waals surface area contributed by atoms with E-state index in [-0.39, 0.29) is 48.8 Å². The second-order valence-electron chi connectivity index (χ2n) is 10.9. The van der Waals surface area contributed by atoms with Crippen molar-refractivity contribution in [2.24, 2.45) is 11.8 Å². The van der Waals surface area contributed by atoms with Gasteiger partial charge in [-0.25, -0.2) is 0 Å². The van der Waals surface area contributed by atoms with Gasteiger partial charge in [-0.3, -0.25) is 14.4 Å². The second kappa shape index (κ2) is 12.7. The summed E-state index contributed by atoms with van der Waals surface area (Å²) in [6.45, 7) is 8.32. The number of fused-ring (bicyclic) bond motifs is 1. The minimum atomic E-state index is -1.22. The molecule has 42 heavy (non-hydrogen) atoms. The van der Waals surface area contributed by atoms with E-state index in [1.807, 2.05) is 30.3 Å². The summed E-state index contributed by atoms with van der Waals surface area (Å²) in [4.78, 5) is 47.8. The standard InChI is InChI=1S/C32H35BrClN3O5/c1-3-16-35(21-12-6-5-7-13-21)29(39)25-26-30(40)37(18-10-11-19-38)28(32(26)20-22(33)27(25)42-32)31(41)36(17-4-2)24-15-9-8-14-23(24)34/h3-9,12-15,22,25-28,38H,1-2,10-11,16-20H2/t22?,25-,26-,27-,28?,32?/m0/s1. The lowest BCUT2D eigenvalue weighted by Gasteiger charge is -2.37. The Morgan fingerprint density at radius 1 is 1.05 bits per heavy atom. The lowest BCUT2D eigenvalue weighted by molar-refractivity contribution is -0.140. The molecule has 3 aliphatic heterocycles. The quantitative estimate of drug-likeness (QED) is 0.205. The molecule has 0 radical (unpaired) electrons. The topological polar surface area (TPSA) is 90.4 Å². The fourth-order valence-electron chi connectivity index (χ4n) is 6.82. The smallest absolute Gasteiger partial charge is 0.253 e. The lowest BCUT2D eigenvalue weighted by atomic mass is 9.70. The van der Waals surface area contributed by atoms with E-state index in [2.05, 4.69) is 29.1 Å². The Morgan fingerprint density at radius 3 is 2.38 bits per heavy atom. The second-order valence-corrected chi connectivity index (χ2v) is 12.5. The van der Waals surface area contributed by atoms with Crippen LogP contribution in [0.25, 0.3) is 0 Å². The summed E-state index contributed by atoms with van der Waals surface area (Å²) in [5.41, 5.74) is -0.0217. The number of rotatable bonds is 12. The molecule has 0 aromatic heterocycles. The molecule has 10 heteroatoms. The Balaban J connectivity index is 1.58. The van der Waals surface area contributed by atoms with E-state index in [9.17, 15) is 19.5 Å². The number of likely N-dealkylation sites (tertiary alicyclic amines) is 1. The highest BCUT2D eigenvalue weighted by atomic mass is 79.9. The third-order valence-electron chi connectivity index (χ3n) is 8.48. The van der Waals surface area contributed by atoms with Gasteiger partial charge in [-0.2, -0.15) is 0 Å². The third-order valence-corrected chi connectivity index (χ3v) is 9.65. The van der Waals surface area contributed by atoms with Crippen molar-refractivity contribution in [1.82, 2.24) is 4.90 Å². The first-order valence-electron chi connectivity index (χ1n) is 14.2. The first-order chi connectivity index (χ1) is 20.3. The Labute approximate surface area is 259 Å². The number of hydrogen-bond donors (Lipinski definition) is 1. The van der Waals surface area contributed by atoms with Crippen LogP contribution in [0.2, 0.25) is 5.02 Å². The number of unbranched alkanes of at least 4 members (excludes halogenated alkanes) is 1. The van der Waals surface area contributed by atoms with Gasteiger partial charge in [0, 0.05) is 36.8 Å². The number of halogens is 2. The molecule has 2 aromatic rings. The molecule has 3 aliphatic rings. The van der Waals surface area contributed by atoms with Gasteiger partial charge in [0.05, 0.1) is 28.6 Å². The van der Waals surface area contributed by atoms with Crippen molar-refractivity contribution in [1.29, 1.82) is 0 Å². The summed E-state index contributed by atoms with van der Waals surface area (Å²) in [6, 6.07) is 15.3. The van der Waals surface area contributed by atoms with E-state index >= 15 is 0 Å². The molecule has 6 atom stereocenters. The van der Waals surface area contributed by atoms with Crippen LogP contribution in [-0.2, 0) is 19.1 Å². The van der Waals surface area contributed by atoms with E-state index in [1.54, 1.807) is 46.2 Å². The monoisotopic (exact) mass is 655 g/mol. The van der Waals surface area contributed by atoms with Gasteiger partial charge in [-0.05, 0) is 43.5 Å². The number of para-hydroxylation sites is 2. The Hall–Kier alpha value is -2.98. The van der Waals surface area contributed by atoms with Gasteiger partial charge in [0.15, 0.2) is 0 Å². The van der Waals surface area contributed by atoms with Gasteiger partial charge in [-0.1, -0.05) is 70.0 Å². The lowest BCUT2D eigenvalue weighted by Crippen LogP contribution is -2.57. The highest BCUT2D eigenvalue weighted by Gasteiger charge is 2.77. The average Bonchev–Trinajstić information content (AvgIpc) is 3.58. The van der Waals surface area contributed by atoms with Crippen LogP contribution in [0, 0.1) is 11.8 Å². The first-order valence-corrected chi connectivity index (χ1v) is 15.5. The maximum Gasteiger partial charge on any atom is 0.253 e. The normalized spacial score (nSPS) is 27.5. The number of aliphatic hydroxyl groups excluding tert-OH is 1. The van der Waals surface area contributed by atoms with Gasteiger partial charge in [0.25, 0.3) is 5.91 Å². The van der Waals surface area contributed by atoms with Crippen molar-refractivity contribution in [3.63, 3.8) is 0 Å². The molecule has 3 heterocycles. The number of aliphatic hydroxyl groups is 1. The minimum Gasteiger partial charge on any atom is -0.396 e. The van der Waals surface area contributed by atoms with Crippen molar-refractivity contribution in [3.05, 3.63) is 84.9 Å². The van der Waals surface area contributed by atoms with Crippen LogP contribution in [0.5, 0.6) is 0 Å². The number of alkyl halides is 1. The molecule has 3 amide bonds. The van der Waals surface area contributed by atoms with Crippen molar-refractivity contribution >= 4 is 56.6 Å². The van der Waals surface area contributed by atoms with E-state index in [1.165, 1.54) is 4.90 Å². The predicted octanol–water partition coefficient (Wildman–Crippen LogP) is 4.60. The summed E-state index contributed by atoms with van der Waals surface area (Å²) in [6.07, 6.45) is 4.03. The number of benzene rings is 2. The summed E-state index contributed by atoms with van der Waals surface area (Å²) < 4.78 is 6.69. The summed E-state index contributed by atoms with van der Waals surface area (Å²) in [5.74, 6) is -2.52. The molecule has 8 nitrogen and oxygen atoms in total. The average molecular weight is 657 g/mol. The van der Waals surface area contributed by atoms with E-state index in [0.29, 0.717) is 35.7 Å². The van der Waals surface area contributed by atoms with Crippen molar-refractivity contribution in [2.75, 3.05) is 36.0 Å². The highest BCUT2D eigenvalue weighted by molar-refractivity contribution is 9.09. The van der Waals surface area contributed by atoms with Crippen LogP contribution in [0.4, 0.5) is 11.4 Å². The van der Waals surface area contributed by atoms with Crippen LogP contribution in [0.1, 0.15) is 19.3 Å². The van der Waals surface area contributed by atoms with Gasteiger partial charge < -0.3 is 24.5 Å². The SMILES string of the molecule is C=CCN(C(=O)[C@H]1[C@H]2C(=O)N(CCCCO)C(C(=O)N(CC=C)c3ccccc3Cl)C23CC(Br)[C@@H]1O3)c1ccccc1. The van der Waals surface area contributed by atoms with Crippen LogP contribution in [0.3, 0.4) is 0 Å². The summed E-state index contributed by atoms with van der Waals surface area (Å²) in [7, 11) is 0. The van der Waals surface area contributed by atoms with Crippen LogP contribution >= 0.6 is 27.5 Å². The Morgan fingerprint density at radius 2 is 1.71 bits per heavy atom. The van der Waals surface area contributed by atoms with Crippen LogP contribution in [0.15, 0.2) is 79.9 Å². The van der Waals surface area contributed by atoms with Crippen molar-refractivity contribution in [3.8, 4) is 0 Å². The number of nitrogens with zero attached hydrogens (tertiary/aromatic N) is 3. The number of anilines is 2. The number of hydrogen-bond acceptors (Lipinski definition) is 5. The third kappa shape index (κ3) is 5.10. The van der Waals surface area contributed by atoms with Crippen LogP contribution < -0.4 is 9.80 Å². The molecule has 3 fully saturated rings. The fraction of sp³-hybridized carbons (Fsp3) is 0.406. The molecule has 2 aromatic carbocycles. The maximum atomic E-state index is 14.6. The zero-order valence-corrected chi connectivity index (χ0v) is 25.6. The van der Waals surface area contributed by atoms with Crippen molar-refractivity contribution in [2.45, 2.75) is 41.8 Å². The van der Waals surface area contributed by atoms with E-state index in [0.717, 1.165) is 0 Å². The zero-order valence-electron chi connectivity index (χ0n) is 23.3. The number of carbonyl (C=O) groups is 3. The molecule has 0 saturated carbocycles. The van der Waals surface area contributed by atoms with Gasteiger partial charge in [-0.15, -0.1) is 13.2 Å². The van der Waals surface area contributed by atoms with Crippen LogP contribution in [-0.4, -0.2) is 76.5 Å². The molecule has 3 unspecified atom stereocenters. The van der Waals surface area contributed by atoms with Crippen molar-refractivity contribution < 1.29 is 24.2 Å².